The van der Waals surface area contributed by atoms with Gasteiger partial charge in [0.15, 0.2) is 0 Å². The summed E-state index contributed by atoms with van der Waals surface area (Å²) in [4.78, 5) is 33.2. The molecule has 2 aromatic rings. The molecular formula is C17H18N4O8S. The minimum Gasteiger partial charge on any atom is -0.495 e. The molecule has 0 atom stereocenters. The van der Waals surface area contributed by atoms with Gasteiger partial charge in [-0.1, -0.05) is 6.07 Å². The number of hydrogen-bond acceptors (Lipinski definition) is 8. The quantitative estimate of drug-likeness (QED) is 0.484. The highest BCUT2D eigenvalue weighted by Gasteiger charge is 2.26. The summed E-state index contributed by atoms with van der Waals surface area (Å²) in [7, 11) is -2.80. The zero-order valence-corrected chi connectivity index (χ0v) is 17.0. The van der Waals surface area contributed by atoms with Crippen molar-refractivity contribution >= 4 is 38.7 Å². The van der Waals surface area contributed by atoms with E-state index < -0.39 is 38.0 Å². The Balaban J connectivity index is 2.41. The van der Waals surface area contributed by atoms with E-state index in [9.17, 15) is 33.4 Å². The van der Waals surface area contributed by atoms with Crippen molar-refractivity contribution in [1.29, 1.82) is 0 Å². The minimum absolute atomic E-state index is 0.00496. The number of anilines is 2. The lowest BCUT2D eigenvalue weighted by Crippen LogP contribution is -2.37. The molecule has 0 unspecified atom stereocenters. The molecule has 160 valence electrons. The highest BCUT2D eigenvalue weighted by molar-refractivity contribution is 7.92. The van der Waals surface area contributed by atoms with Crippen molar-refractivity contribution in [2.45, 2.75) is 6.92 Å². The second-order valence-corrected chi connectivity index (χ2v) is 8.09. The lowest BCUT2D eigenvalue weighted by atomic mass is 10.2. The predicted octanol–water partition coefficient (Wildman–Crippen LogP) is 2.22. The average molecular weight is 438 g/mol. The van der Waals surface area contributed by atoms with Gasteiger partial charge in [-0.2, -0.15) is 0 Å². The van der Waals surface area contributed by atoms with E-state index in [-0.39, 0.29) is 22.8 Å². The fourth-order valence-corrected chi connectivity index (χ4v) is 3.40. The molecule has 1 amide bonds. The Kier molecular flexibility index (Phi) is 6.56. The Bertz CT molecular complexity index is 1120. The summed E-state index contributed by atoms with van der Waals surface area (Å²) >= 11 is 0. The van der Waals surface area contributed by atoms with Crippen LogP contribution in [0.3, 0.4) is 0 Å². The van der Waals surface area contributed by atoms with E-state index in [2.05, 4.69) is 5.32 Å². The van der Waals surface area contributed by atoms with Crippen LogP contribution in [-0.4, -0.2) is 44.1 Å². The summed E-state index contributed by atoms with van der Waals surface area (Å²) in [5.41, 5.74) is -0.188. The molecule has 0 heterocycles. The first-order valence-corrected chi connectivity index (χ1v) is 10.1. The molecule has 0 saturated carbocycles. The second kappa shape index (κ2) is 8.73. The number of carbonyl (C=O) groups is 1. The highest BCUT2D eigenvalue weighted by atomic mass is 32.2. The Morgan fingerprint density at radius 1 is 1.10 bits per heavy atom. The number of non-ortho nitro benzene ring substituents is 2. The summed E-state index contributed by atoms with van der Waals surface area (Å²) < 4.78 is 30.4. The van der Waals surface area contributed by atoms with Gasteiger partial charge in [0.2, 0.25) is 15.9 Å². The predicted molar refractivity (Wildman–Crippen MR) is 108 cm³/mol. The molecule has 0 radical (unpaired) electrons. The summed E-state index contributed by atoms with van der Waals surface area (Å²) in [6.45, 7) is 0.871. The maximum absolute atomic E-state index is 12.5. The third-order valence-electron chi connectivity index (χ3n) is 4.04. The minimum atomic E-state index is -4.05. The molecule has 0 spiro atoms. The van der Waals surface area contributed by atoms with Gasteiger partial charge in [-0.3, -0.25) is 29.3 Å². The topological polar surface area (TPSA) is 162 Å². The number of sulfonamides is 1. The van der Waals surface area contributed by atoms with E-state index in [4.69, 9.17) is 4.74 Å². The third-order valence-corrected chi connectivity index (χ3v) is 5.16. The number of aryl methyl sites for hydroxylation is 1. The van der Waals surface area contributed by atoms with E-state index in [0.29, 0.717) is 9.87 Å². The number of rotatable bonds is 8. The first kappa shape index (κ1) is 22.5. The largest absolute Gasteiger partial charge is 0.495 e. The molecule has 0 saturated heterocycles. The fraction of sp³-hybridized carbons (Fsp3) is 0.235. The van der Waals surface area contributed by atoms with Gasteiger partial charge >= 0.3 is 0 Å². The number of ether oxygens (including phenoxy) is 1. The van der Waals surface area contributed by atoms with Crippen molar-refractivity contribution in [1.82, 2.24) is 0 Å². The van der Waals surface area contributed by atoms with Crippen molar-refractivity contribution in [2.75, 3.05) is 29.5 Å². The number of amides is 1. The number of benzene rings is 2. The summed E-state index contributed by atoms with van der Waals surface area (Å²) in [5.74, 6) is -0.803. The lowest BCUT2D eigenvalue weighted by Gasteiger charge is -2.23. The molecule has 12 nitrogen and oxygen atoms in total. The van der Waals surface area contributed by atoms with Crippen LogP contribution in [0.15, 0.2) is 36.4 Å². The van der Waals surface area contributed by atoms with E-state index >= 15 is 0 Å². The van der Waals surface area contributed by atoms with Gasteiger partial charge in [0.25, 0.3) is 11.4 Å². The summed E-state index contributed by atoms with van der Waals surface area (Å²) in [5, 5.41) is 24.4. The second-order valence-electron chi connectivity index (χ2n) is 6.19. The van der Waals surface area contributed by atoms with Crippen molar-refractivity contribution in [2.24, 2.45) is 0 Å². The molecule has 2 rings (SSSR count). The SMILES string of the molecule is COc1ccc([N+](=O)[O-])cc1N(CC(=O)Nc1cc([N+](=O)[O-])ccc1C)S(C)(=O)=O. The maximum Gasteiger partial charge on any atom is 0.271 e. The van der Waals surface area contributed by atoms with Crippen molar-refractivity contribution < 1.29 is 27.8 Å². The normalized spacial score (nSPS) is 10.9. The molecule has 0 bridgehead atoms. The molecule has 1 N–H and O–H groups in total. The lowest BCUT2D eigenvalue weighted by molar-refractivity contribution is -0.385. The number of nitrogens with zero attached hydrogens (tertiary/aromatic N) is 3. The number of nitro groups is 2. The fourth-order valence-electron chi connectivity index (χ4n) is 2.55. The Labute approximate surface area is 171 Å². The molecule has 30 heavy (non-hydrogen) atoms. The van der Waals surface area contributed by atoms with Crippen molar-refractivity contribution in [3.8, 4) is 5.75 Å². The van der Waals surface area contributed by atoms with Crippen LogP contribution >= 0.6 is 0 Å². The molecule has 0 aliphatic rings. The molecule has 0 fully saturated rings. The molecule has 0 aliphatic heterocycles. The molecule has 0 aliphatic carbocycles. The van der Waals surface area contributed by atoms with Gasteiger partial charge in [0.05, 0.1) is 28.9 Å². The maximum atomic E-state index is 12.5. The zero-order chi connectivity index (χ0) is 22.6. The molecular weight excluding hydrogens is 420 g/mol. The van der Waals surface area contributed by atoms with Crippen LogP contribution in [0.1, 0.15) is 5.56 Å². The van der Waals surface area contributed by atoms with Gasteiger partial charge in [-0.25, -0.2) is 8.42 Å². The van der Waals surface area contributed by atoms with Gasteiger partial charge in [0, 0.05) is 24.3 Å². The molecule has 13 heteroatoms. The Morgan fingerprint density at radius 2 is 1.67 bits per heavy atom. The molecule has 2 aromatic carbocycles. The average Bonchev–Trinajstić information content (AvgIpc) is 2.66. The zero-order valence-electron chi connectivity index (χ0n) is 16.2. The van der Waals surface area contributed by atoms with Gasteiger partial charge in [-0.05, 0) is 18.6 Å². The van der Waals surface area contributed by atoms with Gasteiger partial charge < -0.3 is 10.1 Å². The van der Waals surface area contributed by atoms with Crippen LogP contribution in [0.4, 0.5) is 22.7 Å². The van der Waals surface area contributed by atoms with E-state index in [1.807, 2.05) is 0 Å². The van der Waals surface area contributed by atoms with E-state index in [1.165, 1.54) is 25.3 Å². The molecule has 0 aromatic heterocycles. The van der Waals surface area contributed by atoms with Crippen LogP contribution < -0.4 is 14.4 Å². The number of nitro benzene ring substituents is 2. The van der Waals surface area contributed by atoms with E-state index in [0.717, 1.165) is 24.5 Å². The van der Waals surface area contributed by atoms with Crippen LogP contribution in [0.2, 0.25) is 0 Å². The third kappa shape index (κ3) is 5.20. The highest BCUT2D eigenvalue weighted by Crippen LogP contribution is 2.33. The first-order chi connectivity index (χ1) is 13.9. The summed E-state index contributed by atoms with van der Waals surface area (Å²) in [6, 6.07) is 7.18. The van der Waals surface area contributed by atoms with Crippen LogP contribution in [0, 0.1) is 27.2 Å². The smallest absolute Gasteiger partial charge is 0.271 e. The van der Waals surface area contributed by atoms with Gasteiger partial charge in [0.1, 0.15) is 18.0 Å². The number of hydrogen-bond donors (Lipinski definition) is 1. The summed E-state index contributed by atoms with van der Waals surface area (Å²) in [6.07, 6.45) is 0.831. The number of carbonyl (C=O) groups excluding carboxylic acids is 1. The van der Waals surface area contributed by atoms with Crippen LogP contribution in [0.5, 0.6) is 5.75 Å². The van der Waals surface area contributed by atoms with Crippen LogP contribution in [-0.2, 0) is 14.8 Å². The standard InChI is InChI=1S/C17H18N4O8S/c1-11-4-5-12(20(23)24)8-14(11)18-17(22)10-19(30(3,27)28)15-9-13(21(25)26)6-7-16(15)29-2/h4-9H,10H2,1-3H3,(H,18,22). The Morgan fingerprint density at radius 3 is 2.20 bits per heavy atom. The van der Waals surface area contributed by atoms with Crippen molar-refractivity contribution in [3.63, 3.8) is 0 Å². The van der Waals surface area contributed by atoms with Crippen molar-refractivity contribution in [3.05, 3.63) is 62.2 Å². The monoisotopic (exact) mass is 438 g/mol. The Hall–Kier alpha value is -3.74. The van der Waals surface area contributed by atoms with Gasteiger partial charge in [-0.15, -0.1) is 0 Å². The first-order valence-electron chi connectivity index (χ1n) is 8.29. The number of nitrogens with one attached hydrogen (secondary N) is 1. The number of methoxy groups -OCH3 is 1. The van der Waals surface area contributed by atoms with E-state index in [1.54, 1.807) is 6.92 Å². The van der Waals surface area contributed by atoms with Crippen LogP contribution in [0.25, 0.3) is 0 Å².